The van der Waals surface area contributed by atoms with Gasteiger partial charge in [0.15, 0.2) is 0 Å². The molecular weight excluding hydrogens is 496 g/mol. The van der Waals surface area contributed by atoms with Gasteiger partial charge in [-0.3, -0.25) is 9.53 Å². The molecule has 0 aliphatic carbocycles. The summed E-state index contributed by atoms with van der Waals surface area (Å²) in [5, 5.41) is 3.62. The number of nitrogens with zero attached hydrogens (tertiary/aromatic N) is 2. The van der Waals surface area contributed by atoms with Crippen molar-refractivity contribution in [3.05, 3.63) is 22.6 Å². The zero-order valence-electron chi connectivity index (χ0n) is 17.6. The first-order valence-corrected chi connectivity index (χ1v) is 10.8. The number of fused-ring (bicyclic) bond motifs is 1. The van der Waals surface area contributed by atoms with Crippen LogP contribution in [-0.4, -0.2) is 67.7 Å². The molecule has 2 amide bonds. The van der Waals surface area contributed by atoms with Gasteiger partial charge in [-0.15, -0.1) is 24.5 Å². The SMILES string of the molecule is CNC(=O)c1csc2c(C(F)(F)F)cc(O[C@H]3CCCN(C(=O)OCCOC(F)(F)F)C3)nc12. The van der Waals surface area contributed by atoms with E-state index in [0.717, 1.165) is 17.4 Å². The van der Waals surface area contributed by atoms with E-state index in [-0.39, 0.29) is 34.7 Å². The quantitative estimate of drug-likeness (QED) is 0.459. The Morgan fingerprint density at radius 3 is 2.62 bits per heavy atom. The van der Waals surface area contributed by atoms with Crippen LogP contribution in [0.3, 0.4) is 0 Å². The molecule has 0 saturated carbocycles. The number of amides is 2. The predicted octanol–water partition coefficient (Wildman–Crippen LogP) is 4.19. The predicted molar refractivity (Wildman–Crippen MR) is 107 cm³/mol. The number of aromatic nitrogens is 1. The van der Waals surface area contributed by atoms with Gasteiger partial charge in [0.1, 0.15) is 12.7 Å². The largest absolute Gasteiger partial charge is 0.522 e. The number of alkyl halides is 6. The normalized spacial score (nSPS) is 17.0. The minimum Gasteiger partial charge on any atom is -0.472 e. The van der Waals surface area contributed by atoms with Crippen LogP contribution in [-0.2, 0) is 15.7 Å². The van der Waals surface area contributed by atoms with Crippen LogP contribution in [0.2, 0.25) is 0 Å². The highest BCUT2D eigenvalue weighted by Gasteiger charge is 2.36. The number of hydrogen-bond donors (Lipinski definition) is 1. The van der Waals surface area contributed by atoms with Crippen LogP contribution in [0.4, 0.5) is 31.1 Å². The van der Waals surface area contributed by atoms with Crippen LogP contribution in [0.5, 0.6) is 5.88 Å². The molecule has 0 unspecified atom stereocenters. The second kappa shape index (κ2) is 10.2. The molecule has 1 N–H and O–H groups in total. The number of likely N-dealkylation sites (tertiary alicyclic amines) is 1. The topological polar surface area (TPSA) is 90.0 Å². The van der Waals surface area contributed by atoms with Crippen molar-refractivity contribution >= 4 is 33.6 Å². The third kappa shape index (κ3) is 6.40. The first-order chi connectivity index (χ1) is 15.9. The lowest BCUT2D eigenvalue weighted by Gasteiger charge is -2.32. The number of halogens is 6. The van der Waals surface area contributed by atoms with Crippen molar-refractivity contribution in [1.82, 2.24) is 15.2 Å². The van der Waals surface area contributed by atoms with E-state index >= 15 is 0 Å². The van der Waals surface area contributed by atoms with Crippen molar-refractivity contribution in [3.8, 4) is 5.88 Å². The third-order valence-electron chi connectivity index (χ3n) is 4.77. The summed E-state index contributed by atoms with van der Waals surface area (Å²) in [7, 11) is 1.34. The number of thiophene rings is 1. The average Bonchev–Trinajstić information content (AvgIpc) is 3.18. The summed E-state index contributed by atoms with van der Waals surface area (Å²) in [6, 6.07) is 0.734. The van der Waals surface area contributed by atoms with Gasteiger partial charge in [0.25, 0.3) is 5.91 Å². The highest BCUT2D eigenvalue weighted by molar-refractivity contribution is 7.17. The van der Waals surface area contributed by atoms with E-state index in [4.69, 9.17) is 9.47 Å². The molecule has 1 aliphatic heterocycles. The molecule has 1 fully saturated rings. The fraction of sp³-hybridized carbons (Fsp3) is 0.526. The molecule has 1 aliphatic rings. The van der Waals surface area contributed by atoms with Crippen molar-refractivity contribution < 1.29 is 50.1 Å². The van der Waals surface area contributed by atoms with Gasteiger partial charge in [0.05, 0.1) is 34.5 Å². The van der Waals surface area contributed by atoms with Gasteiger partial charge < -0.3 is 19.7 Å². The number of hydrogen-bond acceptors (Lipinski definition) is 7. The van der Waals surface area contributed by atoms with Gasteiger partial charge in [-0.2, -0.15) is 13.2 Å². The number of carbonyl (C=O) groups excluding carboxylic acids is 2. The van der Waals surface area contributed by atoms with Crippen LogP contribution < -0.4 is 10.1 Å². The summed E-state index contributed by atoms with van der Waals surface area (Å²) in [6.07, 6.45) is -10.4. The molecular formula is C19H19F6N3O5S. The van der Waals surface area contributed by atoms with Crippen molar-refractivity contribution in [2.24, 2.45) is 0 Å². The van der Waals surface area contributed by atoms with Crippen molar-refractivity contribution in [2.75, 3.05) is 33.4 Å². The fourth-order valence-electron chi connectivity index (χ4n) is 3.30. The molecule has 2 aromatic rings. The third-order valence-corrected chi connectivity index (χ3v) is 5.78. The molecule has 3 heterocycles. The van der Waals surface area contributed by atoms with E-state index in [1.165, 1.54) is 17.3 Å². The Kier molecular flexibility index (Phi) is 7.75. The summed E-state index contributed by atoms with van der Waals surface area (Å²) in [5.74, 6) is -0.979. The average molecular weight is 515 g/mol. The number of ether oxygens (including phenoxy) is 3. The zero-order valence-corrected chi connectivity index (χ0v) is 18.4. The van der Waals surface area contributed by atoms with Gasteiger partial charge in [-0.1, -0.05) is 0 Å². The Morgan fingerprint density at radius 1 is 1.24 bits per heavy atom. The Bertz CT molecular complexity index is 1040. The van der Waals surface area contributed by atoms with Crippen LogP contribution in [0.15, 0.2) is 11.4 Å². The van der Waals surface area contributed by atoms with Gasteiger partial charge >= 0.3 is 18.6 Å². The molecule has 0 bridgehead atoms. The van der Waals surface area contributed by atoms with E-state index in [1.54, 1.807) is 0 Å². The summed E-state index contributed by atoms with van der Waals surface area (Å²) < 4.78 is 90.5. The maximum Gasteiger partial charge on any atom is 0.522 e. The molecule has 0 radical (unpaired) electrons. The molecule has 0 spiro atoms. The number of rotatable bonds is 6. The summed E-state index contributed by atoms with van der Waals surface area (Å²) >= 11 is 0.732. The van der Waals surface area contributed by atoms with Gasteiger partial charge in [0, 0.05) is 25.0 Å². The second-order valence-electron chi connectivity index (χ2n) is 7.15. The molecule has 15 heteroatoms. The van der Waals surface area contributed by atoms with Gasteiger partial charge in [0.2, 0.25) is 5.88 Å². The van der Waals surface area contributed by atoms with E-state index in [1.807, 2.05) is 0 Å². The smallest absolute Gasteiger partial charge is 0.472 e. The Hall–Kier alpha value is -2.81. The molecule has 8 nitrogen and oxygen atoms in total. The van der Waals surface area contributed by atoms with E-state index in [9.17, 15) is 35.9 Å². The Balaban J connectivity index is 1.73. The maximum atomic E-state index is 13.6. The number of pyridine rings is 1. The highest BCUT2D eigenvalue weighted by atomic mass is 32.1. The molecule has 3 rings (SSSR count). The van der Waals surface area contributed by atoms with Crippen LogP contribution in [0.1, 0.15) is 28.8 Å². The van der Waals surface area contributed by atoms with E-state index in [0.29, 0.717) is 12.8 Å². The molecule has 2 aromatic heterocycles. The van der Waals surface area contributed by atoms with E-state index in [2.05, 4.69) is 15.0 Å². The summed E-state index contributed by atoms with van der Waals surface area (Å²) in [5.41, 5.74) is -1.20. The first kappa shape index (κ1) is 25.8. The standard InChI is InChI=1S/C19H19F6N3O5S/c1-26-16(29)11-9-34-15-12(18(20,21)22)7-13(27-14(11)15)33-10-3-2-4-28(8-10)17(30)31-5-6-32-19(23,24)25/h7,9-10H,2-6,8H2,1H3,(H,26,29)/t10-/m0/s1. The maximum absolute atomic E-state index is 13.6. The second-order valence-corrected chi connectivity index (χ2v) is 8.03. The van der Waals surface area contributed by atoms with Gasteiger partial charge in [-0.05, 0) is 12.8 Å². The lowest BCUT2D eigenvalue weighted by Crippen LogP contribution is -2.45. The van der Waals surface area contributed by atoms with Crippen LogP contribution in [0.25, 0.3) is 10.2 Å². The van der Waals surface area contributed by atoms with Crippen molar-refractivity contribution in [3.63, 3.8) is 0 Å². The van der Waals surface area contributed by atoms with Crippen molar-refractivity contribution in [1.29, 1.82) is 0 Å². The van der Waals surface area contributed by atoms with Crippen LogP contribution in [0, 0.1) is 0 Å². The number of carbonyl (C=O) groups is 2. The molecule has 34 heavy (non-hydrogen) atoms. The molecule has 188 valence electrons. The fourth-order valence-corrected chi connectivity index (χ4v) is 4.32. The number of piperidine rings is 1. The van der Waals surface area contributed by atoms with Crippen LogP contribution >= 0.6 is 11.3 Å². The molecule has 1 atom stereocenters. The first-order valence-electron chi connectivity index (χ1n) is 9.89. The van der Waals surface area contributed by atoms with Gasteiger partial charge in [-0.25, -0.2) is 9.78 Å². The summed E-state index contributed by atoms with van der Waals surface area (Å²) in [4.78, 5) is 29.4. The number of nitrogens with one attached hydrogen (secondary N) is 1. The minimum absolute atomic E-state index is 0.0339. The zero-order chi connectivity index (χ0) is 25.1. The van der Waals surface area contributed by atoms with E-state index < -0.39 is 49.4 Å². The monoisotopic (exact) mass is 515 g/mol. The summed E-state index contributed by atoms with van der Waals surface area (Å²) in [6.45, 7) is -1.36. The Morgan fingerprint density at radius 2 is 1.97 bits per heavy atom. The molecule has 0 aromatic carbocycles. The minimum atomic E-state index is -4.85. The highest BCUT2D eigenvalue weighted by Crippen LogP contribution is 2.40. The molecule has 1 saturated heterocycles. The Labute approximate surface area is 192 Å². The lowest BCUT2D eigenvalue weighted by atomic mass is 10.1. The van der Waals surface area contributed by atoms with Crippen molar-refractivity contribution in [2.45, 2.75) is 31.5 Å². The lowest BCUT2D eigenvalue weighted by molar-refractivity contribution is -0.326.